The zero-order valence-corrected chi connectivity index (χ0v) is 14.2. The summed E-state index contributed by atoms with van der Waals surface area (Å²) in [6.07, 6.45) is 5.39. The molecule has 3 heteroatoms. The molecule has 0 amide bonds. The van der Waals surface area contributed by atoms with Crippen LogP contribution in [0.15, 0.2) is 18.2 Å². The van der Waals surface area contributed by atoms with Crippen molar-refractivity contribution in [3.8, 4) is 0 Å². The Hall–Kier alpha value is -0.570. The van der Waals surface area contributed by atoms with Gasteiger partial charge < -0.3 is 10.2 Å². The van der Waals surface area contributed by atoms with Crippen LogP contribution in [0.4, 0.5) is 0 Å². The molecule has 0 spiro atoms. The van der Waals surface area contributed by atoms with E-state index in [-0.39, 0.29) is 0 Å². The minimum Gasteiger partial charge on any atom is -0.310 e. The highest BCUT2D eigenvalue weighted by molar-refractivity contribution is 6.31. The van der Waals surface area contributed by atoms with Crippen molar-refractivity contribution in [3.05, 3.63) is 34.3 Å². The molecule has 3 atom stereocenters. The van der Waals surface area contributed by atoms with Crippen LogP contribution >= 0.6 is 11.6 Å². The van der Waals surface area contributed by atoms with Crippen LogP contribution in [-0.4, -0.2) is 30.6 Å². The van der Waals surface area contributed by atoms with Gasteiger partial charge in [-0.1, -0.05) is 30.7 Å². The first-order valence-corrected chi connectivity index (χ1v) is 8.69. The minimum atomic E-state index is 0.449. The predicted octanol–water partition coefficient (Wildman–Crippen LogP) is 4.17. The Kier molecular flexibility index (Phi) is 4.58. The fourth-order valence-electron chi connectivity index (χ4n) is 4.30. The normalized spacial score (nSPS) is 30.6. The molecule has 21 heavy (non-hydrogen) atoms. The number of hydrogen-bond acceptors (Lipinski definition) is 2. The molecule has 2 bridgehead atoms. The van der Waals surface area contributed by atoms with Crippen LogP contribution in [0.3, 0.4) is 0 Å². The van der Waals surface area contributed by atoms with Gasteiger partial charge in [0.05, 0.1) is 0 Å². The number of fused-ring (bicyclic) bond motifs is 2. The third-order valence-corrected chi connectivity index (χ3v) is 5.99. The Morgan fingerprint density at radius 1 is 1.29 bits per heavy atom. The summed E-state index contributed by atoms with van der Waals surface area (Å²) in [5.74, 6) is 0.734. The lowest BCUT2D eigenvalue weighted by atomic mass is 9.82. The summed E-state index contributed by atoms with van der Waals surface area (Å²) in [6, 6.07) is 8.61. The van der Waals surface area contributed by atoms with Gasteiger partial charge in [-0.25, -0.2) is 0 Å². The zero-order chi connectivity index (χ0) is 15.0. The summed E-state index contributed by atoms with van der Waals surface area (Å²) < 4.78 is 0. The topological polar surface area (TPSA) is 15.3 Å². The van der Waals surface area contributed by atoms with Crippen molar-refractivity contribution >= 4 is 11.6 Å². The van der Waals surface area contributed by atoms with Crippen molar-refractivity contribution in [2.45, 2.75) is 57.7 Å². The smallest absolute Gasteiger partial charge is 0.0438 e. The monoisotopic (exact) mass is 306 g/mol. The van der Waals surface area contributed by atoms with Crippen LogP contribution < -0.4 is 5.32 Å². The first kappa shape index (κ1) is 15.3. The van der Waals surface area contributed by atoms with Crippen LogP contribution in [0.5, 0.6) is 0 Å². The van der Waals surface area contributed by atoms with Crippen LogP contribution in [-0.2, 0) is 0 Å². The maximum Gasteiger partial charge on any atom is 0.0438 e. The molecule has 2 aliphatic heterocycles. The molecular weight excluding hydrogens is 280 g/mol. The largest absolute Gasteiger partial charge is 0.310 e. The molecule has 116 valence electrons. The van der Waals surface area contributed by atoms with E-state index in [9.17, 15) is 0 Å². The van der Waals surface area contributed by atoms with Gasteiger partial charge in [0.15, 0.2) is 0 Å². The van der Waals surface area contributed by atoms with E-state index in [1.165, 1.54) is 36.8 Å². The summed E-state index contributed by atoms with van der Waals surface area (Å²) in [5.41, 5.74) is 2.53. The summed E-state index contributed by atoms with van der Waals surface area (Å²) in [6.45, 7) is 5.29. The van der Waals surface area contributed by atoms with Gasteiger partial charge in [-0.3, -0.25) is 0 Å². The Bertz CT molecular complexity index is 488. The fourth-order valence-corrected chi connectivity index (χ4v) is 4.49. The van der Waals surface area contributed by atoms with Crippen LogP contribution in [0.25, 0.3) is 0 Å². The summed E-state index contributed by atoms with van der Waals surface area (Å²) in [4.78, 5) is 2.61. The van der Waals surface area contributed by atoms with E-state index in [0.29, 0.717) is 6.04 Å². The van der Waals surface area contributed by atoms with Crippen LogP contribution in [0.1, 0.15) is 49.8 Å². The Morgan fingerprint density at radius 2 is 1.95 bits per heavy atom. The van der Waals surface area contributed by atoms with E-state index in [1.807, 2.05) is 0 Å². The predicted molar refractivity (Wildman–Crippen MR) is 89.9 cm³/mol. The average molecular weight is 307 g/mol. The minimum absolute atomic E-state index is 0.449. The van der Waals surface area contributed by atoms with Crippen LogP contribution in [0, 0.1) is 12.8 Å². The number of aryl methyl sites for hydroxylation is 1. The lowest BCUT2D eigenvalue weighted by molar-refractivity contribution is 0.113. The lowest BCUT2D eigenvalue weighted by Crippen LogP contribution is -2.43. The number of hydrogen-bond donors (Lipinski definition) is 1. The van der Waals surface area contributed by atoms with Crippen molar-refractivity contribution in [1.82, 2.24) is 10.2 Å². The third kappa shape index (κ3) is 2.99. The molecule has 2 fully saturated rings. The quantitative estimate of drug-likeness (QED) is 0.898. The van der Waals surface area contributed by atoms with Crippen molar-refractivity contribution < 1.29 is 0 Å². The van der Waals surface area contributed by atoms with Gasteiger partial charge in [-0.05, 0) is 69.3 Å². The standard InChI is InChI=1S/C18H27ClN2/c1-4-20-18(13-6-5-12(2)17(19)11-13)14-9-15-7-8-16(10-14)21(15)3/h5-6,11,14-16,18,20H,4,7-10H2,1-3H3. The number of benzene rings is 1. The van der Waals surface area contributed by atoms with E-state index < -0.39 is 0 Å². The maximum atomic E-state index is 6.35. The molecule has 1 aromatic carbocycles. The van der Waals surface area contributed by atoms with E-state index >= 15 is 0 Å². The average Bonchev–Trinajstić information content (AvgIpc) is 2.70. The van der Waals surface area contributed by atoms with Crippen LogP contribution in [0.2, 0.25) is 5.02 Å². The van der Waals surface area contributed by atoms with Gasteiger partial charge in [0.2, 0.25) is 0 Å². The molecule has 1 N–H and O–H groups in total. The Balaban J connectivity index is 1.83. The number of rotatable bonds is 4. The van der Waals surface area contributed by atoms with Gasteiger partial charge in [-0.15, -0.1) is 0 Å². The van der Waals surface area contributed by atoms with Gasteiger partial charge >= 0.3 is 0 Å². The van der Waals surface area contributed by atoms with Gasteiger partial charge in [0.1, 0.15) is 0 Å². The highest BCUT2D eigenvalue weighted by Crippen LogP contribution is 2.42. The van der Waals surface area contributed by atoms with E-state index in [1.54, 1.807) is 0 Å². The zero-order valence-electron chi connectivity index (χ0n) is 13.4. The fraction of sp³-hybridized carbons (Fsp3) is 0.667. The molecule has 0 aliphatic carbocycles. The Morgan fingerprint density at radius 3 is 2.52 bits per heavy atom. The van der Waals surface area contributed by atoms with E-state index in [4.69, 9.17) is 11.6 Å². The molecule has 1 aromatic rings. The SMILES string of the molecule is CCNC(c1ccc(C)c(Cl)c1)C1CC2CCC(C1)N2C. The van der Waals surface area contributed by atoms with Gasteiger partial charge in [-0.2, -0.15) is 0 Å². The summed E-state index contributed by atoms with van der Waals surface area (Å²) in [7, 11) is 2.31. The highest BCUT2D eigenvalue weighted by Gasteiger charge is 2.41. The molecule has 0 saturated carbocycles. The van der Waals surface area contributed by atoms with Crippen molar-refractivity contribution in [2.75, 3.05) is 13.6 Å². The molecule has 2 aliphatic rings. The van der Waals surface area contributed by atoms with E-state index in [2.05, 4.69) is 49.3 Å². The first-order valence-electron chi connectivity index (χ1n) is 8.31. The summed E-state index contributed by atoms with van der Waals surface area (Å²) >= 11 is 6.35. The van der Waals surface area contributed by atoms with Gasteiger partial charge in [0, 0.05) is 23.1 Å². The molecular formula is C18H27ClN2. The van der Waals surface area contributed by atoms with Crippen molar-refractivity contribution in [1.29, 1.82) is 0 Å². The lowest BCUT2D eigenvalue weighted by Gasteiger charge is -2.40. The number of piperidine rings is 1. The molecule has 0 aromatic heterocycles. The van der Waals surface area contributed by atoms with Crippen molar-refractivity contribution in [3.63, 3.8) is 0 Å². The molecule has 2 heterocycles. The molecule has 0 radical (unpaired) electrons. The molecule has 3 rings (SSSR count). The second-order valence-electron chi connectivity index (χ2n) is 6.83. The van der Waals surface area contributed by atoms with Crippen molar-refractivity contribution in [2.24, 2.45) is 5.92 Å². The molecule has 3 unspecified atom stereocenters. The second kappa shape index (κ2) is 6.28. The maximum absolute atomic E-state index is 6.35. The third-order valence-electron chi connectivity index (χ3n) is 5.59. The Labute approximate surface area is 133 Å². The highest BCUT2D eigenvalue weighted by atomic mass is 35.5. The number of halogens is 1. The first-order chi connectivity index (χ1) is 10.1. The molecule has 2 nitrogen and oxygen atoms in total. The second-order valence-corrected chi connectivity index (χ2v) is 7.23. The number of nitrogens with one attached hydrogen (secondary N) is 1. The number of nitrogens with zero attached hydrogens (tertiary/aromatic N) is 1. The van der Waals surface area contributed by atoms with Gasteiger partial charge in [0.25, 0.3) is 0 Å². The van der Waals surface area contributed by atoms with E-state index in [0.717, 1.165) is 29.6 Å². The summed E-state index contributed by atoms with van der Waals surface area (Å²) in [5, 5.41) is 4.62. The molecule has 2 saturated heterocycles.